The van der Waals surface area contributed by atoms with Crippen LogP contribution in [-0.4, -0.2) is 26.1 Å². The van der Waals surface area contributed by atoms with Crippen LogP contribution >= 0.6 is 9.12 Å². The number of aromatic amines is 1. The fourth-order valence-corrected chi connectivity index (χ4v) is 10.2. The molecule has 0 aliphatic heterocycles. The molecule has 9 aromatic carbocycles. The predicted molar refractivity (Wildman–Crippen MR) is 314 cm³/mol. The summed E-state index contributed by atoms with van der Waals surface area (Å²) in [6, 6.07) is 82.3. The molecule has 14 rings (SSSR count). The van der Waals surface area contributed by atoms with Crippen LogP contribution in [0.15, 0.2) is 243 Å². The molecule has 1 radical (unpaired) electrons. The maximum atomic E-state index is 11.1. The van der Waals surface area contributed by atoms with E-state index in [0.29, 0.717) is 5.52 Å². The maximum Gasteiger partial charge on any atom is 1.00 e. The normalized spacial score (nSPS) is 10.9. The minimum atomic E-state index is 0. The van der Waals surface area contributed by atoms with Gasteiger partial charge in [-0.1, -0.05) is 171 Å². The molecule has 0 aliphatic carbocycles. The second-order valence-electron chi connectivity index (χ2n) is 18.2. The summed E-state index contributed by atoms with van der Waals surface area (Å²) >= 11 is 0. The minimum Gasteiger partial charge on any atom is -0.868 e. The molecular formula is C66H52BLiN5OP+. The van der Waals surface area contributed by atoms with Gasteiger partial charge in [-0.2, -0.15) is 9.12 Å². The smallest absolute Gasteiger partial charge is 0.868 e. The Kier molecular flexibility index (Phi) is 15.0. The summed E-state index contributed by atoms with van der Waals surface area (Å²) in [5.41, 5.74) is 16.7. The Labute approximate surface area is 452 Å². The Morgan fingerprint density at radius 2 is 0.800 bits per heavy atom. The average Bonchev–Trinajstić information content (AvgIpc) is 3.98. The van der Waals surface area contributed by atoms with Crippen LogP contribution in [0, 0.1) is 13.8 Å². The zero-order valence-electron chi connectivity index (χ0n) is 42.4. The number of fused-ring (bicyclic) bond motifs is 10. The van der Waals surface area contributed by atoms with E-state index in [1.165, 1.54) is 77.2 Å². The van der Waals surface area contributed by atoms with Gasteiger partial charge < -0.3 is 14.2 Å². The van der Waals surface area contributed by atoms with E-state index in [-0.39, 0.29) is 24.6 Å². The molecular weight excluding hydrogens is 927 g/mol. The molecule has 75 heavy (non-hydrogen) atoms. The van der Waals surface area contributed by atoms with Crippen LogP contribution in [0.3, 0.4) is 0 Å². The van der Waals surface area contributed by atoms with Gasteiger partial charge in [-0.15, -0.1) is 0 Å². The van der Waals surface area contributed by atoms with Gasteiger partial charge in [-0.05, 0) is 109 Å². The molecule has 6 nitrogen and oxygen atoms in total. The number of aromatic nitrogens is 5. The number of H-pyrrole nitrogens is 1. The second-order valence-corrected chi connectivity index (χ2v) is 18.9. The molecule has 1 atom stereocenters. The number of nitrogens with one attached hydrogen (secondary N) is 1. The molecule has 1 N–H and O–H groups in total. The van der Waals surface area contributed by atoms with Crippen LogP contribution in [0.2, 0.25) is 6.82 Å². The van der Waals surface area contributed by atoms with Crippen LogP contribution in [0.5, 0.6) is 5.75 Å². The van der Waals surface area contributed by atoms with Crippen LogP contribution in [0.1, 0.15) is 11.4 Å². The van der Waals surface area contributed by atoms with Crippen molar-refractivity contribution < 1.29 is 29.0 Å². The van der Waals surface area contributed by atoms with Gasteiger partial charge in [0.25, 0.3) is 0 Å². The quantitative estimate of drug-likeness (QED) is 0.100. The Morgan fingerprint density at radius 3 is 1.21 bits per heavy atom. The van der Waals surface area contributed by atoms with Crippen LogP contribution in [-0.2, 0) is 0 Å². The first-order valence-corrected chi connectivity index (χ1v) is 25.5. The van der Waals surface area contributed by atoms with Gasteiger partial charge in [0.05, 0.1) is 33.1 Å². The van der Waals surface area contributed by atoms with Gasteiger partial charge in [-0.3, -0.25) is 9.97 Å². The van der Waals surface area contributed by atoms with Crippen molar-refractivity contribution in [2.24, 2.45) is 0 Å². The Hall–Kier alpha value is -8.30. The molecule has 5 heterocycles. The fourth-order valence-electron chi connectivity index (χ4n) is 10.2. The zero-order chi connectivity index (χ0) is 50.5. The van der Waals surface area contributed by atoms with Crippen LogP contribution in [0.4, 0.5) is 0 Å². The summed E-state index contributed by atoms with van der Waals surface area (Å²) in [6.45, 7) is 7.99. The van der Waals surface area contributed by atoms with E-state index in [1.807, 2.05) is 44.2 Å². The van der Waals surface area contributed by atoms with E-state index in [2.05, 4.69) is 231 Å². The van der Waals surface area contributed by atoms with Crippen molar-refractivity contribution in [3.8, 4) is 39.4 Å². The van der Waals surface area contributed by atoms with Gasteiger partial charge in [0, 0.05) is 66.5 Å². The molecule has 0 saturated heterocycles. The van der Waals surface area contributed by atoms with E-state index < -0.39 is 0 Å². The van der Waals surface area contributed by atoms with E-state index in [9.17, 15) is 5.11 Å². The number of para-hydroxylation sites is 5. The zero-order valence-corrected chi connectivity index (χ0v) is 43.6. The van der Waals surface area contributed by atoms with Crippen LogP contribution in [0.25, 0.3) is 110 Å². The first-order valence-electron chi connectivity index (χ1n) is 24.9. The second kappa shape index (κ2) is 22.4. The molecule has 14 aromatic rings. The standard InChI is InChI=1S/C30H20N2.C26H20N2.C9H7NO.CH5BP.Li/c1-5-16-27-23(12-1)24-13-2-6-17-28(24)31(27)21-10-9-11-22(20-21)32-29-18-7-3-14-25(29)26-15-4-8-19-30(26)32;1-17-15-23(19-9-5-3-6-10-19)21-13-14-22-24(20-11-7-4-8-12-20)16-18(2)28-26(22)25(21)27-17;11-8-5-1-3-7-4-2-6-10-9(7)8;1-2-3;/h1-20H;3-16H,1-2H3;1-6,11H;3H2,1H3;/q;;;;+1. The third-order valence-electron chi connectivity index (χ3n) is 13.3. The van der Waals surface area contributed by atoms with Crippen LogP contribution < -0.4 is 29.0 Å². The molecule has 0 bridgehead atoms. The number of hydrogen-bond acceptors (Lipinski definition) is 3. The number of pyridine rings is 3. The van der Waals surface area contributed by atoms with Crippen molar-refractivity contribution in [2.45, 2.75) is 20.7 Å². The first-order chi connectivity index (χ1) is 36.4. The third-order valence-corrected chi connectivity index (χ3v) is 13.3. The summed E-state index contributed by atoms with van der Waals surface area (Å²) in [5, 5.41) is 19.5. The molecule has 5 aromatic heterocycles. The average molecular weight is 980 g/mol. The van der Waals surface area contributed by atoms with Crippen molar-refractivity contribution in [3.05, 3.63) is 254 Å². The summed E-state index contributed by atoms with van der Waals surface area (Å²) in [7, 11) is 2.45. The van der Waals surface area contributed by atoms with Crippen molar-refractivity contribution >= 4 is 92.4 Å². The molecule has 0 fully saturated rings. The van der Waals surface area contributed by atoms with E-state index in [0.717, 1.165) is 38.6 Å². The summed E-state index contributed by atoms with van der Waals surface area (Å²) < 4.78 is 4.75. The SMILES string of the molecule is C[B]P.Cc1cc(-c2ccccc2)c2ccc3c(-c4ccccc4)cc(C)nc3c2n1.[Li+].[O-]c1cccc2ccc[nH+]c12.c1cc(-n2c3ccccc3c3ccccc32)cc(-n2c3ccccc3c3ccccc32)c1. The van der Waals surface area contributed by atoms with Gasteiger partial charge in [0.2, 0.25) is 5.52 Å². The molecule has 0 aliphatic rings. The van der Waals surface area contributed by atoms with Gasteiger partial charge in [0.1, 0.15) is 7.00 Å². The molecule has 1 unspecified atom stereocenters. The summed E-state index contributed by atoms with van der Waals surface area (Å²) in [5.74, 6) is 0.0445. The van der Waals surface area contributed by atoms with Gasteiger partial charge in [-0.25, -0.2) is 4.98 Å². The van der Waals surface area contributed by atoms with Crippen molar-refractivity contribution in [1.82, 2.24) is 19.1 Å². The Bertz CT molecular complexity index is 3970. The monoisotopic (exact) mass is 979 g/mol. The van der Waals surface area contributed by atoms with E-state index >= 15 is 0 Å². The molecule has 0 amide bonds. The number of aryl methyl sites for hydroxylation is 2. The van der Waals surface area contributed by atoms with E-state index in [1.54, 1.807) is 18.3 Å². The van der Waals surface area contributed by atoms with E-state index in [4.69, 9.17) is 9.97 Å². The number of benzene rings is 9. The minimum absolute atomic E-state index is 0. The number of nitrogens with zero attached hydrogens (tertiary/aromatic N) is 4. The molecule has 0 saturated carbocycles. The fraction of sp³-hybridized carbons (Fsp3) is 0.0455. The van der Waals surface area contributed by atoms with Crippen molar-refractivity contribution in [3.63, 3.8) is 0 Å². The largest absolute Gasteiger partial charge is 1.00 e. The Morgan fingerprint density at radius 1 is 0.427 bits per heavy atom. The maximum absolute atomic E-state index is 11.1. The number of hydrogen-bond donors (Lipinski definition) is 0. The van der Waals surface area contributed by atoms with Crippen molar-refractivity contribution in [1.29, 1.82) is 0 Å². The summed E-state index contributed by atoms with van der Waals surface area (Å²) in [6.07, 6.45) is 1.75. The summed E-state index contributed by atoms with van der Waals surface area (Å²) in [4.78, 5) is 12.7. The molecule has 9 heteroatoms. The topological polar surface area (TPSA) is 72.8 Å². The predicted octanol–water partition coefficient (Wildman–Crippen LogP) is 12.9. The van der Waals surface area contributed by atoms with Gasteiger partial charge in [0.15, 0.2) is 6.20 Å². The van der Waals surface area contributed by atoms with Gasteiger partial charge >= 0.3 is 18.9 Å². The third kappa shape index (κ3) is 9.95. The molecule has 0 spiro atoms. The molecule has 355 valence electrons. The number of rotatable bonds is 4. The first kappa shape index (κ1) is 50.2. The Balaban J connectivity index is 0.000000136. The van der Waals surface area contributed by atoms with Crippen molar-refractivity contribution in [2.75, 3.05) is 0 Å².